The van der Waals surface area contributed by atoms with Gasteiger partial charge in [0.1, 0.15) is 5.75 Å². The second kappa shape index (κ2) is 13.0. The first-order valence-electron chi connectivity index (χ1n) is 14.4. The van der Waals surface area contributed by atoms with Crippen LogP contribution in [-0.4, -0.2) is 64.7 Å². The molecule has 3 aromatic carbocycles. The standard InChI is InChI=1S/C32H38ClN3O5S/c1-40-30-12-9-27(33)23-29(30)36-21-19-35(20-22-36)18-15-24-13-16-32(17-14-24,31(34)37)41-42(38,39)28-10-7-26(8-11-28)25-5-3-2-4-6-25/h2-12,23-24H,13-22H2,1H3,(H2,34,37). The molecule has 42 heavy (non-hydrogen) atoms. The van der Waals surface area contributed by atoms with E-state index in [9.17, 15) is 13.2 Å². The number of nitrogens with zero attached hydrogens (tertiary/aromatic N) is 2. The third-order valence-corrected chi connectivity index (χ3v) is 10.2. The molecule has 3 aromatic rings. The topological polar surface area (TPSA) is 102 Å². The summed E-state index contributed by atoms with van der Waals surface area (Å²) < 4.78 is 37.6. The van der Waals surface area contributed by atoms with Gasteiger partial charge in [0.15, 0.2) is 5.60 Å². The van der Waals surface area contributed by atoms with Crippen LogP contribution in [0.25, 0.3) is 11.1 Å². The highest BCUT2D eigenvalue weighted by Gasteiger charge is 2.45. The van der Waals surface area contributed by atoms with Gasteiger partial charge in [-0.25, -0.2) is 4.18 Å². The van der Waals surface area contributed by atoms with E-state index in [4.69, 9.17) is 26.3 Å². The summed E-state index contributed by atoms with van der Waals surface area (Å²) in [5, 5.41) is 0.690. The van der Waals surface area contributed by atoms with Crippen LogP contribution in [0.15, 0.2) is 77.7 Å². The normalized spacial score (nSPS) is 21.7. The van der Waals surface area contributed by atoms with Crippen LogP contribution in [0.2, 0.25) is 5.02 Å². The predicted octanol–water partition coefficient (Wildman–Crippen LogP) is 5.35. The molecule has 0 unspecified atom stereocenters. The number of piperazine rings is 1. The Bertz CT molecular complexity index is 1470. The largest absolute Gasteiger partial charge is 0.495 e. The quantitative estimate of drug-likeness (QED) is 0.308. The lowest BCUT2D eigenvalue weighted by molar-refractivity contribution is -0.136. The molecule has 8 nitrogen and oxygen atoms in total. The second-order valence-electron chi connectivity index (χ2n) is 11.2. The molecular formula is C32H38ClN3O5S. The van der Waals surface area contributed by atoms with Gasteiger partial charge in [-0.2, -0.15) is 8.42 Å². The summed E-state index contributed by atoms with van der Waals surface area (Å²) in [4.78, 5) is 17.3. The minimum Gasteiger partial charge on any atom is -0.495 e. The Labute approximate surface area is 253 Å². The van der Waals surface area contributed by atoms with E-state index >= 15 is 0 Å². The minimum atomic E-state index is -4.18. The molecule has 0 atom stereocenters. The molecule has 1 heterocycles. The van der Waals surface area contributed by atoms with Gasteiger partial charge in [-0.15, -0.1) is 0 Å². The van der Waals surface area contributed by atoms with Crippen LogP contribution in [0.4, 0.5) is 5.69 Å². The molecule has 224 valence electrons. The number of methoxy groups -OCH3 is 1. The zero-order valence-corrected chi connectivity index (χ0v) is 25.4. The van der Waals surface area contributed by atoms with E-state index in [1.165, 1.54) is 12.1 Å². The van der Waals surface area contributed by atoms with Gasteiger partial charge in [0, 0.05) is 31.2 Å². The van der Waals surface area contributed by atoms with Gasteiger partial charge in [-0.3, -0.25) is 9.69 Å². The second-order valence-corrected chi connectivity index (χ2v) is 13.1. The molecule has 1 aliphatic heterocycles. The van der Waals surface area contributed by atoms with Crippen LogP contribution >= 0.6 is 11.6 Å². The van der Waals surface area contributed by atoms with Crippen LogP contribution < -0.4 is 15.4 Å². The van der Waals surface area contributed by atoms with Gasteiger partial charge in [0.25, 0.3) is 16.0 Å². The summed E-state index contributed by atoms with van der Waals surface area (Å²) in [6.45, 7) is 4.56. The first kappa shape index (κ1) is 30.4. The number of nitrogens with two attached hydrogens (primary N) is 1. The summed E-state index contributed by atoms with van der Waals surface area (Å²) in [5.74, 6) is 0.472. The zero-order chi connectivity index (χ0) is 29.7. The van der Waals surface area contributed by atoms with E-state index in [1.807, 2.05) is 48.5 Å². The van der Waals surface area contributed by atoms with Crippen LogP contribution in [0.3, 0.4) is 0 Å². The lowest BCUT2D eigenvalue weighted by Crippen LogP contribution is -2.50. The molecule has 0 spiro atoms. The van der Waals surface area contributed by atoms with Crippen molar-refractivity contribution in [1.82, 2.24) is 4.90 Å². The fourth-order valence-corrected chi connectivity index (χ4v) is 7.39. The Balaban J connectivity index is 1.13. The molecular weight excluding hydrogens is 574 g/mol. The number of primary amides is 1. The predicted molar refractivity (Wildman–Crippen MR) is 165 cm³/mol. The van der Waals surface area contributed by atoms with Crippen molar-refractivity contribution >= 4 is 33.3 Å². The van der Waals surface area contributed by atoms with Crippen molar-refractivity contribution in [3.8, 4) is 16.9 Å². The first-order valence-corrected chi connectivity index (χ1v) is 16.2. The van der Waals surface area contributed by atoms with Gasteiger partial charge in [-0.05, 0) is 86.0 Å². The van der Waals surface area contributed by atoms with Crippen LogP contribution in [0.5, 0.6) is 5.75 Å². The van der Waals surface area contributed by atoms with Crippen molar-refractivity contribution in [2.45, 2.75) is 42.6 Å². The number of anilines is 1. The average molecular weight is 612 g/mol. The van der Waals surface area contributed by atoms with Gasteiger partial charge < -0.3 is 15.4 Å². The molecule has 1 aliphatic carbocycles. The lowest BCUT2D eigenvalue weighted by Gasteiger charge is -2.39. The third-order valence-electron chi connectivity index (χ3n) is 8.59. The Hall–Kier alpha value is -3.11. The number of carbonyl (C=O) groups is 1. The molecule has 1 saturated carbocycles. The SMILES string of the molecule is COc1ccc(Cl)cc1N1CCN(CCC2CCC(OS(=O)(=O)c3ccc(-c4ccccc4)cc3)(C(N)=O)CC2)CC1. The van der Waals surface area contributed by atoms with E-state index in [0.29, 0.717) is 23.8 Å². The van der Waals surface area contributed by atoms with Crippen molar-refractivity contribution in [2.24, 2.45) is 11.7 Å². The molecule has 0 aromatic heterocycles. The number of carbonyl (C=O) groups excluding carboxylic acids is 1. The highest BCUT2D eigenvalue weighted by Crippen LogP contribution is 2.39. The number of ether oxygens (including phenoxy) is 1. The molecule has 2 fully saturated rings. The number of rotatable bonds is 10. The Kier molecular flexibility index (Phi) is 9.42. The van der Waals surface area contributed by atoms with E-state index in [0.717, 1.165) is 61.7 Å². The minimum absolute atomic E-state index is 0.0134. The van der Waals surface area contributed by atoms with E-state index in [1.54, 1.807) is 19.2 Å². The third kappa shape index (κ3) is 6.92. The maximum absolute atomic E-state index is 13.2. The van der Waals surface area contributed by atoms with Gasteiger partial charge in [-0.1, -0.05) is 54.1 Å². The number of hydrogen-bond acceptors (Lipinski definition) is 7. The molecule has 2 N–H and O–H groups in total. The Morgan fingerprint density at radius 2 is 1.60 bits per heavy atom. The summed E-state index contributed by atoms with van der Waals surface area (Å²) in [6, 6.07) is 21.9. The molecule has 0 bridgehead atoms. The van der Waals surface area contributed by atoms with E-state index < -0.39 is 21.6 Å². The highest BCUT2D eigenvalue weighted by atomic mass is 35.5. The van der Waals surface area contributed by atoms with Gasteiger partial charge in [0.05, 0.1) is 17.7 Å². The van der Waals surface area contributed by atoms with Crippen LogP contribution in [0.1, 0.15) is 32.1 Å². The summed E-state index contributed by atoms with van der Waals surface area (Å²) in [6.07, 6.45) is 2.92. The molecule has 2 aliphatic rings. The van der Waals surface area contributed by atoms with Crippen molar-refractivity contribution in [3.05, 3.63) is 77.8 Å². The van der Waals surface area contributed by atoms with E-state index in [-0.39, 0.29) is 17.7 Å². The van der Waals surface area contributed by atoms with Gasteiger partial charge in [0.2, 0.25) is 0 Å². The zero-order valence-electron chi connectivity index (χ0n) is 23.9. The number of amides is 1. The molecule has 10 heteroatoms. The van der Waals surface area contributed by atoms with Crippen LogP contribution in [-0.2, 0) is 19.1 Å². The smallest absolute Gasteiger partial charge is 0.298 e. The summed E-state index contributed by atoms with van der Waals surface area (Å²) in [5.41, 5.74) is 7.13. The number of hydrogen-bond donors (Lipinski definition) is 1. The maximum atomic E-state index is 13.2. The van der Waals surface area contributed by atoms with Crippen molar-refractivity contribution in [2.75, 3.05) is 44.7 Å². The van der Waals surface area contributed by atoms with Crippen molar-refractivity contribution in [3.63, 3.8) is 0 Å². The summed E-state index contributed by atoms with van der Waals surface area (Å²) in [7, 11) is -2.51. The maximum Gasteiger partial charge on any atom is 0.298 e. The Morgan fingerprint density at radius 1 is 0.952 bits per heavy atom. The van der Waals surface area contributed by atoms with E-state index in [2.05, 4.69) is 9.80 Å². The first-order chi connectivity index (χ1) is 20.2. The number of benzene rings is 3. The van der Waals surface area contributed by atoms with Crippen LogP contribution in [0, 0.1) is 5.92 Å². The van der Waals surface area contributed by atoms with Crippen molar-refractivity contribution < 1.29 is 22.1 Å². The molecule has 1 saturated heterocycles. The molecule has 5 rings (SSSR count). The Morgan fingerprint density at radius 3 is 2.21 bits per heavy atom. The summed E-state index contributed by atoms with van der Waals surface area (Å²) >= 11 is 6.23. The monoisotopic (exact) mass is 611 g/mol. The van der Waals surface area contributed by atoms with Gasteiger partial charge >= 0.3 is 0 Å². The highest BCUT2D eigenvalue weighted by molar-refractivity contribution is 7.86. The fourth-order valence-electron chi connectivity index (χ4n) is 5.99. The average Bonchev–Trinajstić information content (AvgIpc) is 3.01. The molecule has 0 radical (unpaired) electrons. The lowest BCUT2D eigenvalue weighted by atomic mass is 9.77. The van der Waals surface area contributed by atoms with Crippen molar-refractivity contribution in [1.29, 1.82) is 0 Å². The number of halogens is 1. The fraction of sp³-hybridized carbons (Fsp3) is 0.406. The molecule has 1 amide bonds.